The van der Waals surface area contributed by atoms with Crippen LogP contribution in [0.2, 0.25) is 0 Å². The second-order valence-corrected chi connectivity index (χ2v) is 6.51. The molecule has 27 heavy (non-hydrogen) atoms. The van der Waals surface area contributed by atoms with Gasteiger partial charge in [0.05, 0.1) is 12.8 Å². The largest absolute Gasteiger partial charge is 0.497 e. The molecule has 0 spiro atoms. The number of aromatic nitrogens is 2. The summed E-state index contributed by atoms with van der Waals surface area (Å²) in [4.78, 5) is 16.8. The van der Waals surface area contributed by atoms with Crippen LogP contribution in [0.4, 0.5) is 5.82 Å². The zero-order chi connectivity index (χ0) is 18.6. The van der Waals surface area contributed by atoms with E-state index in [2.05, 4.69) is 33.3 Å². The van der Waals surface area contributed by atoms with E-state index in [1.165, 1.54) is 0 Å². The monoisotopic (exact) mass is 362 g/mol. The summed E-state index contributed by atoms with van der Waals surface area (Å²) in [6, 6.07) is 19.5. The molecule has 1 amide bonds. The number of nitrogens with one attached hydrogen (secondary N) is 1. The number of anilines is 1. The number of ether oxygens (including phenoxy) is 1. The minimum absolute atomic E-state index is 0.0595. The number of carbonyl (C=O) groups excluding carboxylic acids is 1. The van der Waals surface area contributed by atoms with Crippen LogP contribution in [0.25, 0.3) is 11.3 Å². The third-order valence-corrected chi connectivity index (χ3v) is 4.88. The quantitative estimate of drug-likeness (QED) is 0.775. The number of hydrogen-bond donors (Lipinski definition) is 1. The maximum absolute atomic E-state index is 12.7. The summed E-state index contributed by atoms with van der Waals surface area (Å²) < 4.78 is 5.15. The van der Waals surface area contributed by atoms with Crippen LogP contribution in [-0.4, -0.2) is 54.3 Å². The van der Waals surface area contributed by atoms with Gasteiger partial charge in [0.25, 0.3) is 5.91 Å². The first-order valence-corrected chi connectivity index (χ1v) is 9.04. The third kappa shape index (κ3) is 3.65. The van der Waals surface area contributed by atoms with Crippen molar-refractivity contribution in [2.75, 3.05) is 38.2 Å². The van der Waals surface area contributed by atoms with E-state index in [9.17, 15) is 4.79 Å². The third-order valence-electron chi connectivity index (χ3n) is 4.88. The number of hydrogen-bond acceptors (Lipinski definition) is 4. The standard InChI is InChI=1S/C21H22N4O2/c1-27-18-9-7-17(8-10-18)21(26)25-13-11-24(12-14-25)20-15-19(22-23-20)16-5-3-2-4-6-16/h2-10,15H,11-14H2,1H3,(H,22,23). The second kappa shape index (κ2) is 7.53. The molecule has 0 bridgehead atoms. The SMILES string of the molecule is COc1ccc(C(=O)N2CCN(c3cc(-c4ccccc4)[nH]n3)CC2)cc1. The van der Waals surface area contributed by atoms with Gasteiger partial charge >= 0.3 is 0 Å². The van der Waals surface area contributed by atoms with Gasteiger partial charge in [-0.15, -0.1) is 0 Å². The van der Waals surface area contributed by atoms with Crippen LogP contribution in [0, 0.1) is 0 Å². The van der Waals surface area contributed by atoms with Crippen LogP contribution in [-0.2, 0) is 0 Å². The summed E-state index contributed by atoms with van der Waals surface area (Å²) in [5.41, 5.74) is 2.81. The van der Waals surface area contributed by atoms with Crippen LogP contribution < -0.4 is 9.64 Å². The highest BCUT2D eigenvalue weighted by Crippen LogP contribution is 2.23. The fourth-order valence-corrected chi connectivity index (χ4v) is 3.29. The van der Waals surface area contributed by atoms with E-state index < -0.39 is 0 Å². The molecule has 4 rings (SSSR count). The van der Waals surface area contributed by atoms with Crippen molar-refractivity contribution >= 4 is 11.7 Å². The van der Waals surface area contributed by atoms with Gasteiger partial charge in [0.2, 0.25) is 0 Å². The molecule has 1 fully saturated rings. The molecule has 1 saturated heterocycles. The predicted molar refractivity (Wildman–Crippen MR) is 105 cm³/mol. The molecule has 1 aliphatic rings. The maximum Gasteiger partial charge on any atom is 0.253 e. The maximum atomic E-state index is 12.7. The molecule has 0 unspecified atom stereocenters. The summed E-state index contributed by atoms with van der Waals surface area (Å²) in [5.74, 6) is 1.74. The van der Waals surface area contributed by atoms with Crippen LogP contribution in [0.15, 0.2) is 60.7 Å². The Labute approximate surface area is 158 Å². The average molecular weight is 362 g/mol. The minimum Gasteiger partial charge on any atom is -0.497 e. The number of piperazine rings is 1. The van der Waals surface area contributed by atoms with Crippen molar-refractivity contribution in [1.29, 1.82) is 0 Å². The van der Waals surface area contributed by atoms with Crippen LogP contribution in [0.5, 0.6) is 5.75 Å². The fraction of sp³-hybridized carbons (Fsp3) is 0.238. The molecule has 0 saturated carbocycles. The molecule has 0 aliphatic carbocycles. The smallest absolute Gasteiger partial charge is 0.253 e. The van der Waals surface area contributed by atoms with Gasteiger partial charge in [0, 0.05) is 37.8 Å². The zero-order valence-corrected chi connectivity index (χ0v) is 15.3. The molecule has 3 aromatic rings. The second-order valence-electron chi connectivity index (χ2n) is 6.51. The lowest BCUT2D eigenvalue weighted by Gasteiger charge is -2.34. The Hall–Kier alpha value is -3.28. The average Bonchev–Trinajstić information content (AvgIpc) is 3.24. The molecular formula is C21H22N4O2. The Morgan fingerprint density at radius 3 is 2.37 bits per heavy atom. The summed E-state index contributed by atoms with van der Waals surface area (Å²) >= 11 is 0. The molecule has 1 aliphatic heterocycles. The minimum atomic E-state index is 0.0595. The molecule has 1 aromatic heterocycles. The number of amides is 1. The highest BCUT2D eigenvalue weighted by molar-refractivity contribution is 5.94. The topological polar surface area (TPSA) is 61.5 Å². The van der Waals surface area contributed by atoms with Gasteiger partial charge in [-0.1, -0.05) is 30.3 Å². The van der Waals surface area contributed by atoms with E-state index in [4.69, 9.17) is 4.74 Å². The Balaban J connectivity index is 1.39. The molecule has 0 radical (unpaired) electrons. The van der Waals surface area contributed by atoms with Crippen molar-refractivity contribution < 1.29 is 9.53 Å². The van der Waals surface area contributed by atoms with Crippen molar-refractivity contribution in [1.82, 2.24) is 15.1 Å². The Kier molecular flexibility index (Phi) is 4.78. The number of nitrogens with zero attached hydrogens (tertiary/aromatic N) is 3. The summed E-state index contributed by atoms with van der Waals surface area (Å²) in [6.07, 6.45) is 0. The van der Waals surface area contributed by atoms with E-state index in [0.29, 0.717) is 18.7 Å². The molecule has 2 aromatic carbocycles. The number of H-pyrrole nitrogens is 1. The van der Waals surface area contributed by atoms with E-state index >= 15 is 0 Å². The highest BCUT2D eigenvalue weighted by atomic mass is 16.5. The molecule has 2 heterocycles. The number of rotatable bonds is 4. The van der Waals surface area contributed by atoms with Crippen molar-refractivity contribution in [3.8, 4) is 17.0 Å². The van der Waals surface area contributed by atoms with Gasteiger partial charge in [-0.25, -0.2) is 0 Å². The van der Waals surface area contributed by atoms with Gasteiger partial charge in [0.1, 0.15) is 5.75 Å². The van der Waals surface area contributed by atoms with E-state index in [0.717, 1.165) is 35.9 Å². The Morgan fingerprint density at radius 2 is 1.70 bits per heavy atom. The van der Waals surface area contributed by atoms with Gasteiger partial charge in [0.15, 0.2) is 5.82 Å². The lowest BCUT2D eigenvalue weighted by Crippen LogP contribution is -2.48. The van der Waals surface area contributed by atoms with Gasteiger partial charge < -0.3 is 14.5 Å². The Morgan fingerprint density at radius 1 is 1.00 bits per heavy atom. The number of methoxy groups -OCH3 is 1. The lowest BCUT2D eigenvalue weighted by atomic mass is 10.1. The predicted octanol–water partition coefficient (Wildman–Crippen LogP) is 3.05. The van der Waals surface area contributed by atoms with Crippen LogP contribution in [0.3, 0.4) is 0 Å². The summed E-state index contributed by atoms with van der Waals surface area (Å²) in [5, 5.41) is 7.55. The Bertz CT molecular complexity index is 897. The number of aromatic amines is 1. The van der Waals surface area contributed by atoms with Crippen molar-refractivity contribution in [3.05, 3.63) is 66.2 Å². The first kappa shape index (κ1) is 17.1. The molecule has 138 valence electrons. The molecular weight excluding hydrogens is 340 g/mol. The van der Waals surface area contributed by atoms with Crippen molar-refractivity contribution in [3.63, 3.8) is 0 Å². The fourth-order valence-electron chi connectivity index (χ4n) is 3.29. The normalized spacial score (nSPS) is 14.3. The van der Waals surface area contributed by atoms with E-state index in [1.54, 1.807) is 7.11 Å². The summed E-state index contributed by atoms with van der Waals surface area (Å²) in [6.45, 7) is 2.89. The molecule has 6 nitrogen and oxygen atoms in total. The summed E-state index contributed by atoms with van der Waals surface area (Å²) in [7, 11) is 1.62. The number of benzene rings is 2. The van der Waals surface area contributed by atoms with Gasteiger partial charge in [-0.3, -0.25) is 9.89 Å². The first-order valence-electron chi connectivity index (χ1n) is 9.04. The van der Waals surface area contributed by atoms with E-state index in [1.807, 2.05) is 47.4 Å². The molecule has 0 atom stereocenters. The van der Waals surface area contributed by atoms with Crippen molar-refractivity contribution in [2.24, 2.45) is 0 Å². The van der Waals surface area contributed by atoms with Crippen LogP contribution in [0.1, 0.15) is 10.4 Å². The molecule has 1 N–H and O–H groups in total. The van der Waals surface area contributed by atoms with Gasteiger partial charge in [-0.05, 0) is 29.8 Å². The first-order chi connectivity index (χ1) is 13.2. The molecule has 6 heteroatoms. The van der Waals surface area contributed by atoms with E-state index in [-0.39, 0.29) is 5.91 Å². The zero-order valence-electron chi connectivity index (χ0n) is 15.3. The lowest BCUT2D eigenvalue weighted by molar-refractivity contribution is 0.0746. The van der Waals surface area contributed by atoms with Crippen molar-refractivity contribution in [2.45, 2.75) is 0 Å². The number of carbonyl (C=O) groups is 1. The van der Waals surface area contributed by atoms with Crippen LogP contribution >= 0.6 is 0 Å². The van der Waals surface area contributed by atoms with Gasteiger partial charge in [-0.2, -0.15) is 5.10 Å². The highest BCUT2D eigenvalue weighted by Gasteiger charge is 2.23.